The minimum atomic E-state index is -1.39. The van der Waals surface area contributed by atoms with Crippen LogP contribution in [0.3, 0.4) is 0 Å². The number of hydrogen-bond donors (Lipinski definition) is 5. The summed E-state index contributed by atoms with van der Waals surface area (Å²) in [6, 6.07) is 0. The van der Waals surface area contributed by atoms with Crippen LogP contribution in [0.1, 0.15) is 12.6 Å². The fourth-order valence-electron chi connectivity index (χ4n) is 2.48. The van der Waals surface area contributed by atoms with E-state index in [-0.39, 0.29) is 29.3 Å². The van der Waals surface area contributed by atoms with Crippen LogP contribution in [-0.2, 0) is 4.74 Å². The maximum Gasteiger partial charge on any atom is 0.311 e. The lowest BCUT2D eigenvalue weighted by Crippen LogP contribution is -2.33. The van der Waals surface area contributed by atoms with E-state index in [1.54, 1.807) is 0 Å². The largest absolute Gasteiger partial charge is 0.396 e. The minimum Gasteiger partial charge on any atom is -0.396 e. The third kappa shape index (κ3) is 2.23. The summed E-state index contributed by atoms with van der Waals surface area (Å²) in [5, 5.41) is 28.9. The summed E-state index contributed by atoms with van der Waals surface area (Å²) in [7, 11) is 0. The lowest BCUT2D eigenvalue weighted by Gasteiger charge is -2.15. The first-order valence-electron chi connectivity index (χ1n) is 6.47. The fourth-order valence-corrected chi connectivity index (χ4v) is 3.32. The highest BCUT2D eigenvalue weighted by molar-refractivity contribution is 7.16. The second-order valence-electron chi connectivity index (χ2n) is 4.90. The Labute approximate surface area is 126 Å². The summed E-state index contributed by atoms with van der Waals surface area (Å²) in [6.07, 6.45) is -4.60. The minimum absolute atomic E-state index is 0.0165. The third-order valence-electron chi connectivity index (χ3n) is 3.50. The van der Waals surface area contributed by atoms with Crippen molar-refractivity contribution >= 4 is 27.6 Å². The average Bonchev–Trinajstić information content (AvgIpc) is 2.91. The van der Waals surface area contributed by atoms with E-state index in [2.05, 4.69) is 9.97 Å². The van der Waals surface area contributed by atoms with Crippen LogP contribution < -0.4 is 16.2 Å². The maximum absolute atomic E-state index is 12.1. The Morgan fingerprint density at radius 2 is 2.09 bits per heavy atom. The molecule has 1 fully saturated rings. The van der Waals surface area contributed by atoms with Crippen molar-refractivity contribution in [3.05, 3.63) is 20.0 Å². The number of nitrogens with one attached hydrogen (secondary N) is 1. The number of thiazole rings is 1. The molecule has 0 radical (unpaired) electrons. The molecular weight excluding hydrogens is 316 g/mol. The molecule has 0 amide bonds. The first-order valence-corrected chi connectivity index (χ1v) is 7.29. The zero-order valence-corrected chi connectivity index (χ0v) is 12.0. The average molecular weight is 330 g/mol. The van der Waals surface area contributed by atoms with Crippen LogP contribution in [0.25, 0.3) is 10.3 Å². The Balaban J connectivity index is 2.13. The molecule has 0 bridgehead atoms. The van der Waals surface area contributed by atoms with Gasteiger partial charge in [0.1, 0.15) is 16.9 Å². The second-order valence-corrected chi connectivity index (χ2v) is 5.86. The van der Waals surface area contributed by atoms with Gasteiger partial charge in [0.2, 0.25) is 5.95 Å². The molecule has 1 aliphatic heterocycles. The van der Waals surface area contributed by atoms with Gasteiger partial charge in [-0.05, 0) is 6.42 Å². The zero-order valence-electron chi connectivity index (χ0n) is 11.2. The Hall–Kier alpha value is -1.79. The van der Waals surface area contributed by atoms with Crippen molar-refractivity contribution in [3.63, 3.8) is 0 Å². The van der Waals surface area contributed by atoms with Gasteiger partial charge in [-0.1, -0.05) is 11.3 Å². The number of rotatable bonds is 3. The van der Waals surface area contributed by atoms with Gasteiger partial charge < -0.3 is 25.8 Å². The molecule has 2 aromatic rings. The number of nitrogen functional groups attached to an aromatic ring is 1. The lowest BCUT2D eigenvalue weighted by molar-refractivity contribution is -0.0414. The molecule has 0 saturated carbocycles. The van der Waals surface area contributed by atoms with Gasteiger partial charge in [-0.2, -0.15) is 4.98 Å². The molecular formula is C11H14N4O6S. The molecule has 1 aliphatic rings. The van der Waals surface area contributed by atoms with E-state index < -0.39 is 35.0 Å². The summed E-state index contributed by atoms with van der Waals surface area (Å²) < 4.78 is 6.50. The fraction of sp³-hybridized carbons (Fsp3) is 0.545. The smallest absolute Gasteiger partial charge is 0.311 e. The van der Waals surface area contributed by atoms with E-state index in [9.17, 15) is 19.8 Å². The summed E-state index contributed by atoms with van der Waals surface area (Å²) >= 11 is 0.642. The van der Waals surface area contributed by atoms with Crippen molar-refractivity contribution < 1.29 is 20.1 Å². The van der Waals surface area contributed by atoms with Crippen molar-refractivity contribution in [2.24, 2.45) is 0 Å². The highest BCUT2D eigenvalue weighted by Crippen LogP contribution is 2.32. The SMILES string of the molecule is Nc1nc2c(sc(=O)n2[C@@H]2O[C@H](CCO)[C@@H](O)[C@H]2O)c(=O)[nH]1. The number of hydrogen-bond acceptors (Lipinski definition) is 9. The molecule has 120 valence electrons. The first kappa shape index (κ1) is 15.1. The second kappa shape index (κ2) is 5.44. The van der Waals surface area contributed by atoms with E-state index in [0.29, 0.717) is 11.3 Å². The Morgan fingerprint density at radius 3 is 2.77 bits per heavy atom. The molecule has 1 saturated heterocycles. The highest BCUT2D eigenvalue weighted by atomic mass is 32.1. The summed E-state index contributed by atoms with van der Waals surface area (Å²) in [5.41, 5.74) is 4.89. The quantitative estimate of drug-likeness (QED) is 0.420. The molecule has 3 rings (SSSR count). The van der Waals surface area contributed by atoms with E-state index in [1.807, 2.05) is 0 Å². The van der Waals surface area contributed by atoms with Gasteiger partial charge in [-0.25, -0.2) is 0 Å². The molecule has 2 aromatic heterocycles. The molecule has 6 N–H and O–H groups in total. The molecule has 3 heterocycles. The number of H-pyrrole nitrogens is 1. The monoisotopic (exact) mass is 330 g/mol. The van der Waals surface area contributed by atoms with Gasteiger partial charge >= 0.3 is 4.87 Å². The Bertz CT molecular complexity index is 813. The molecule has 22 heavy (non-hydrogen) atoms. The predicted molar refractivity (Wildman–Crippen MR) is 76.5 cm³/mol. The molecule has 0 unspecified atom stereocenters. The summed E-state index contributed by atoms with van der Waals surface area (Å²) in [6.45, 7) is -0.245. The maximum atomic E-state index is 12.1. The van der Waals surface area contributed by atoms with Crippen molar-refractivity contribution in [1.82, 2.24) is 14.5 Å². The number of aromatic amines is 1. The normalized spacial score (nSPS) is 28.5. The number of nitrogens with zero attached hydrogens (tertiary/aromatic N) is 2. The number of aromatic nitrogens is 3. The van der Waals surface area contributed by atoms with Gasteiger partial charge in [-0.15, -0.1) is 0 Å². The van der Waals surface area contributed by atoms with Crippen molar-refractivity contribution in [2.75, 3.05) is 12.3 Å². The standard InChI is InChI=1S/C11H14N4O6S/c12-10-13-7-6(8(19)14-10)22-11(20)15(7)9-5(18)4(17)3(21-9)1-2-16/h3-5,9,16-18H,1-2H2,(H3,12,13,14,19)/t3-,4-,5-,9-/m1/s1. The van der Waals surface area contributed by atoms with Crippen molar-refractivity contribution in [2.45, 2.75) is 31.0 Å². The third-order valence-corrected chi connectivity index (χ3v) is 4.44. The van der Waals surface area contributed by atoms with Crippen molar-refractivity contribution in [3.8, 4) is 0 Å². The van der Waals surface area contributed by atoms with E-state index in [0.717, 1.165) is 4.57 Å². The topological polar surface area (TPSA) is 164 Å². The van der Waals surface area contributed by atoms with Crippen LogP contribution >= 0.6 is 11.3 Å². The van der Waals surface area contributed by atoms with Crippen molar-refractivity contribution in [1.29, 1.82) is 0 Å². The predicted octanol–water partition coefficient (Wildman–Crippen LogP) is -2.27. The van der Waals surface area contributed by atoms with Crippen LogP contribution in [0.15, 0.2) is 9.59 Å². The molecule has 0 aromatic carbocycles. The van der Waals surface area contributed by atoms with E-state index in [4.69, 9.17) is 15.6 Å². The van der Waals surface area contributed by atoms with Gasteiger partial charge in [0.15, 0.2) is 11.9 Å². The number of fused-ring (bicyclic) bond motifs is 1. The summed E-state index contributed by atoms with van der Waals surface area (Å²) in [5.74, 6) is -0.177. The van der Waals surface area contributed by atoms with Gasteiger partial charge in [0.25, 0.3) is 5.56 Å². The van der Waals surface area contributed by atoms with E-state index >= 15 is 0 Å². The number of anilines is 1. The van der Waals surface area contributed by atoms with Crippen LogP contribution in [0.4, 0.5) is 5.95 Å². The van der Waals surface area contributed by atoms with Gasteiger partial charge in [-0.3, -0.25) is 19.1 Å². The Kier molecular flexibility index (Phi) is 3.74. The molecule has 0 aliphatic carbocycles. The van der Waals surface area contributed by atoms with Gasteiger partial charge in [0, 0.05) is 6.61 Å². The number of aliphatic hydroxyl groups is 3. The highest BCUT2D eigenvalue weighted by Gasteiger charge is 2.44. The number of aliphatic hydroxyl groups excluding tert-OH is 3. The first-order chi connectivity index (χ1) is 10.4. The van der Waals surface area contributed by atoms with Crippen LogP contribution in [0.5, 0.6) is 0 Å². The number of nitrogens with two attached hydrogens (primary N) is 1. The van der Waals surface area contributed by atoms with Crippen LogP contribution in [0.2, 0.25) is 0 Å². The van der Waals surface area contributed by atoms with Crippen LogP contribution in [-0.4, -0.2) is 54.8 Å². The zero-order chi connectivity index (χ0) is 16.0. The van der Waals surface area contributed by atoms with Gasteiger partial charge in [0.05, 0.1) is 6.10 Å². The number of ether oxygens (including phenoxy) is 1. The molecule has 4 atom stereocenters. The lowest BCUT2D eigenvalue weighted by atomic mass is 10.1. The van der Waals surface area contributed by atoms with Crippen LogP contribution in [0, 0.1) is 0 Å². The Morgan fingerprint density at radius 1 is 1.36 bits per heavy atom. The molecule has 11 heteroatoms. The molecule has 10 nitrogen and oxygen atoms in total. The summed E-state index contributed by atoms with van der Waals surface area (Å²) in [4.78, 5) is 29.5. The molecule has 0 spiro atoms. The van der Waals surface area contributed by atoms with E-state index in [1.165, 1.54) is 0 Å².